The lowest BCUT2D eigenvalue weighted by molar-refractivity contribution is 0.200. The Morgan fingerprint density at radius 2 is 0.938 bits per heavy atom. The van der Waals surface area contributed by atoms with Gasteiger partial charge in [0.15, 0.2) is 0 Å². The minimum atomic E-state index is -4.09. The number of hydrogen-bond acceptors (Lipinski definition) is 10. The van der Waals surface area contributed by atoms with Crippen molar-refractivity contribution in [3.63, 3.8) is 0 Å². The van der Waals surface area contributed by atoms with Crippen molar-refractivity contribution in [3.8, 4) is 23.5 Å². The van der Waals surface area contributed by atoms with Crippen molar-refractivity contribution in [2.75, 3.05) is 11.5 Å². The predicted molar refractivity (Wildman–Crippen MR) is 112 cm³/mol. The third-order valence-electron chi connectivity index (χ3n) is 5.16. The summed E-state index contributed by atoms with van der Waals surface area (Å²) in [6.45, 7) is 3.58. The van der Waals surface area contributed by atoms with E-state index in [1.807, 2.05) is 0 Å². The lowest BCUT2D eigenvalue weighted by Gasteiger charge is -2.11. The minimum Gasteiger partial charge on any atom is -0.492 e. The average Bonchev–Trinajstić information content (AvgIpc) is 3.09. The molecule has 2 aromatic heterocycles. The number of hydrogen-bond donors (Lipinski definition) is 4. The zero-order valence-electron chi connectivity index (χ0n) is 17.6. The van der Waals surface area contributed by atoms with E-state index >= 15 is 0 Å². The summed E-state index contributed by atoms with van der Waals surface area (Å²) in [4.78, 5) is 0. The molecular formula is C18H26N2O10S2. The molecule has 32 heavy (non-hydrogen) atoms. The number of nitrogens with zero attached hydrogens (tertiary/aromatic N) is 2. The first-order chi connectivity index (χ1) is 14.9. The van der Waals surface area contributed by atoms with Gasteiger partial charge in [-0.2, -0.15) is 16.8 Å². The first kappa shape index (κ1) is 23.9. The molecule has 0 spiro atoms. The van der Waals surface area contributed by atoms with Crippen LogP contribution in [-0.4, -0.2) is 58.2 Å². The Morgan fingerprint density at radius 1 is 0.656 bits per heavy atom. The third kappa shape index (κ3) is 4.41. The highest BCUT2D eigenvalue weighted by Gasteiger charge is 2.36. The van der Waals surface area contributed by atoms with Crippen molar-refractivity contribution in [1.82, 2.24) is 9.46 Å². The van der Waals surface area contributed by atoms with Gasteiger partial charge in [0.05, 0.1) is 11.5 Å². The molecule has 1 aliphatic rings. The van der Waals surface area contributed by atoms with Crippen molar-refractivity contribution in [2.45, 2.75) is 52.4 Å². The molecule has 12 nitrogen and oxygen atoms in total. The number of aromatic hydroxyl groups is 4. The van der Waals surface area contributed by atoms with Gasteiger partial charge in [0.25, 0.3) is 0 Å². The van der Waals surface area contributed by atoms with Crippen LogP contribution in [0.3, 0.4) is 0 Å². The summed E-state index contributed by atoms with van der Waals surface area (Å²) in [5.41, 5.74) is 0.230. The molecule has 0 fully saturated rings. The molecular weight excluding hydrogens is 468 g/mol. The zero-order chi connectivity index (χ0) is 23.8. The predicted octanol–water partition coefficient (Wildman–Crippen LogP) is 0.724. The van der Waals surface area contributed by atoms with Gasteiger partial charge in [-0.05, 0) is 12.8 Å². The van der Waals surface area contributed by atoms with Crippen LogP contribution >= 0.6 is 0 Å². The van der Waals surface area contributed by atoms with E-state index in [0.717, 1.165) is 0 Å². The maximum absolute atomic E-state index is 12.1. The second-order valence-corrected chi connectivity index (χ2v) is 10.9. The molecule has 0 saturated carbocycles. The lowest BCUT2D eigenvalue weighted by Crippen LogP contribution is -2.22. The van der Waals surface area contributed by atoms with Crippen LogP contribution in [0.2, 0.25) is 0 Å². The quantitative estimate of drug-likeness (QED) is 0.314. The van der Waals surface area contributed by atoms with Gasteiger partial charge in [0, 0.05) is 35.1 Å². The Bertz CT molecular complexity index is 1080. The number of aromatic nitrogens is 2. The zero-order valence-corrected chi connectivity index (χ0v) is 19.2. The van der Waals surface area contributed by atoms with E-state index in [9.17, 15) is 37.3 Å². The fraction of sp³-hybridized carbons (Fsp3) is 0.556. The first-order valence-corrected chi connectivity index (χ1v) is 13.2. The molecule has 0 radical (unpaired) electrons. The van der Waals surface area contributed by atoms with Crippen LogP contribution in [-0.2, 0) is 33.1 Å². The summed E-state index contributed by atoms with van der Waals surface area (Å²) in [6.07, 6.45) is 1.33. The van der Waals surface area contributed by atoms with E-state index < -0.39 is 43.8 Å². The maximum Gasteiger partial charge on any atom is 0.327 e. The van der Waals surface area contributed by atoms with Crippen molar-refractivity contribution in [1.29, 1.82) is 0 Å². The second-order valence-electron chi connectivity index (χ2n) is 7.53. The largest absolute Gasteiger partial charge is 0.492 e. The molecule has 2 aromatic rings. The van der Waals surface area contributed by atoms with Gasteiger partial charge < -0.3 is 20.4 Å². The lowest BCUT2D eigenvalue weighted by atomic mass is 9.90. The van der Waals surface area contributed by atoms with Crippen LogP contribution in [0.15, 0.2) is 0 Å². The smallest absolute Gasteiger partial charge is 0.327 e. The molecule has 1 aliphatic carbocycles. The van der Waals surface area contributed by atoms with Crippen LogP contribution in [0.4, 0.5) is 0 Å². The molecule has 4 N–H and O–H groups in total. The van der Waals surface area contributed by atoms with Crippen LogP contribution in [0, 0.1) is 0 Å². The maximum atomic E-state index is 12.1. The van der Waals surface area contributed by atoms with E-state index in [-0.39, 0.29) is 46.6 Å². The highest BCUT2D eigenvalue weighted by atomic mass is 32.2. The normalized spacial score (nSPS) is 13.6. The van der Waals surface area contributed by atoms with Gasteiger partial charge in [-0.1, -0.05) is 36.1 Å². The molecule has 14 heteroatoms. The molecule has 0 atom stereocenters. The number of unbranched alkanes of at least 4 members (excludes halogenated alkanes) is 2. The fourth-order valence-corrected chi connectivity index (χ4v) is 5.58. The van der Waals surface area contributed by atoms with Crippen molar-refractivity contribution < 1.29 is 45.8 Å². The van der Waals surface area contributed by atoms with Crippen molar-refractivity contribution in [3.05, 3.63) is 22.3 Å². The topological polar surface area (TPSA) is 178 Å². The molecule has 0 aliphatic heterocycles. The summed E-state index contributed by atoms with van der Waals surface area (Å²) in [5.74, 6) is -3.39. The summed E-state index contributed by atoms with van der Waals surface area (Å²) in [6, 6.07) is 0. The Hall–Kier alpha value is -2.74. The highest BCUT2D eigenvalue weighted by Crippen LogP contribution is 2.46. The van der Waals surface area contributed by atoms with E-state index in [1.165, 1.54) is 0 Å². The number of fused-ring (bicyclic) bond motifs is 2. The van der Waals surface area contributed by atoms with Crippen LogP contribution in [0.25, 0.3) is 0 Å². The summed E-state index contributed by atoms with van der Waals surface area (Å²) < 4.78 is 58.8. The van der Waals surface area contributed by atoms with Crippen molar-refractivity contribution in [2.24, 2.45) is 0 Å². The summed E-state index contributed by atoms with van der Waals surface area (Å²) in [7, 11) is -8.19. The fourth-order valence-electron chi connectivity index (χ4n) is 3.41. The van der Waals surface area contributed by atoms with Gasteiger partial charge in [0.1, 0.15) is 0 Å². The molecule has 180 valence electrons. The van der Waals surface area contributed by atoms with E-state index in [2.05, 4.69) is 0 Å². The Balaban J connectivity index is 1.95. The van der Waals surface area contributed by atoms with Crippen LogP contribution < -0.4 is 8.57 Å². The summed E-state index contributed by atoms with van der Waals surface area (Å²) in [5, 5.41) is 41.8. The minimum absolute atomic E-state index is 0.0574. The van der Waals surface area contributed by atoms with E-state index in [4.69, 9.17) is 8.57 Å². The summed E-state index contributed by atoms with van der Waals surface area (Å²) >= 11 is 0. The van der Waals surface area contributed by atoms with Gasteiger partial charge >= 0.3 is 20.2 Å². The van der Waals surface area contributed by atoms with Gasteiger partial charge in [0.2, 0.25) is 23.5 Å². The average molecular weight is 495 g/mol. The molecule has 0 saturated heterocycles. The molecule has 0 aromatic carbocycles. The molecule has 0 amide bonds. The van der Waals surface area contributed by atoms with E-state index in [1.54, 1.807) is 13.8 Å². The highest BCUT2D eigenvalue weighted by molar-refractivity contribution is 7.87. The van der Waals surface area contributed by atoms with Crippen molar-refractivity contribution >= 4 is 20.2 Å². The molecule has 3 rings (SSSR count). The monoisotopic (exact) mass is 494 g/mol. The second kappa shape index (κ2) is 8.65. The van der Waals surface area contributed by atoms with Gasteiger partial charge in [-0.3, -0.25) is 8.57 Å². The standard InChI is InChI=1S/C18H26N2O10S2/c1-3-5-7-31(25,26)29-19-15(21)11-9-13-14(10-12(11)16(19)22)18(24)20(17(13)23)30-32(27,28)8-6-4-2/h21-24H,3-10H2,1-2H3. The van der Waals surface area contributed by atoms with Crippen LogP contribution in [0.5, 0.6) is 23.5 Å². The van der Waals surface area contributed by atoms with Crippen LogP contribution in [0.1, 0.15) is 61.8 Å². The Kier molecular flexibility index (Phi) is 6.47. The third-order valence-corrected chi connectivity index (χ3v) is 7.49. The molecule has 0 bridgehead atoms. The first-order valence-electron chi connectivity index (χ1n) is 10.1. The SMILES string of the molecule is CCCCS(=O)(=O)On1c(O)c2c(c1O)Cc1c(c(O)n(OS(=O)(=O)CCCC)c1O)C2. The van der Waals surface area contributed by atoms with Gasteiger partial charge in [-0.15, -0.1) is 0 Å². The Morgan fingerprint density at radius 3 is 1.19 bits per heavy atom. The van der Waals surface area contributed by atoms with E-state index in [0.29, 0.717) is 35.1 Å². The number of rotatable bonds is 10. The van der Waals surface area contributed by atoms with Gasteiger partial charge in [-0.25, -0.2) is 0 Å². The molecule has 2 heterocycles. The molecule has 0 unspecified atom stereocenters. The Labute approximate surface area is 185 Å².